The number of thiocarbonyl (C=S) groups is 1. The van der Waals surface area contributed by atoms with Gasteiger partial charge in [0.2, 0.25) is 0 Å². The summed E-state index contributed by atoms with van der Waals surface area (Å²) in [6.45, 7) is 2.24. The summed E-state index contributed by atoms with van der Waals surface area (Å²) >= 11 is 5.17. The number of para-hydroxylation sites is 1. The maximum atomic E-state index is 5.86. The molecule has 1 atom stereocenters. The summed E-state index contributed by atoms with van der Waals surface area (Å²) in [5.74, 6) is 0.751. The molecule has 1 fully saturated rings. The molecule has 1 aliphatic carbocycles. The first-order valence-corrected chi connectivity index (χ1v) is 7.51. The number of aromatic nitrogens is 1. The highest BCUT2D eigenvalue weighted by Crippen LogP contribution is 2.33. The number of hydrogen-bond donors (Lipinski definition) is 2. The minimum absolute atomic E-state index is 0.395. The van der Waals surface area contributed by atoms with E-state index in [2.05, 4.69) is 23.3 Å². The molecule has 1 aromatic carbocycles. The SMILES string of the molecule is CC(Nc1c(C(N)=S)cnc2ccccc12)C1CCC1. The predicted octanol–water partition coefficient (Wildman–Crippen LogP) is 3.47. The van der Waals surface area contributed by atoms with Crippen molar-refractivity contribution in [2.75, 3.05) is 5.32 Å². The van der Waals surface area contributed by atoms with Crippen molar-refractivity contribution >= 4 is 33.8 Å². The number of nitrogens with zero attached hydrogens (tertiary/aromatic N) is 1. The number of benzene rings is 1. The topological polar surface area (TPSA) is 50.9 Å². The maximum absolute atomic E-state index is 5.86. The van der Waals surface area contributed by atoms with Crippen LogP contribution in [0, 0.1) is 5.92 Å². The van der Waals surface area contributed by atoms with Crippen LogP contribution >= 0.6 is 12.2 Å². The van der Waals surface area contributed by atoms with Crippen LogP contribution in [0.25, 0.3) is 10.9 Å². The van der Waals surface area contributed by atoms with E-state index in [1.54, 1.807) is 6.20 Å². The zero-order chi connectivity index (χ0) is 14.1. The van der Waals surface area contributed by atoms with Crippen molar-refractivity contribution < 1.29 is 0 Å². The van der Waals surface area contributed by atoms with Gasteiger partial charge in [0.15, 0.2) is 0 Å². The Morgan fingerprint density at radius 1 is 1.40 bits per heavy atom. The van der Waals surface area contributed by atoms with Crippen LogP contribution < -0.4 is 11.1 Å². The Balaban J connectivity index is 2.04. The van der Waals surface area contributed by atoms with Crippen molar-refractivity contribution in [3.63, 3.8) is 0 Å². The smallest absolute Gasteiger partial charge is 0.107 e. The highest BCUT2D eigenvalue weighted by molar-refractivity contribution is 7.80. The molecule has 4 heteroatoms. The van der Waals surface area contributed by atoms with Gasteiger partial charge in [-0.2, -0.15) is 0 Å². The lowest BCUT2D eigenvalue weighted by Gasteiger charge is -2.33. The minimum Gasteiger partial charge on any atom is -0.389 e. The predicted molar refractivity (Wildman–Crippen MR) is 88.1 cm³/mol. The van der Waals surface area contributed by atoms with Gasteiger partial charge in [0, 0.05) is 17.6 Å². The molecule has 3 rings (SSSR count). The zero-order valence-electron chi connectivity index (χ0n) is 11.6. The Bertz CT molecular complexity index is 649. The Kier molecular flexibility index (Phi) is 3.57. The Morgan fingerprint density at radius 2 is 2.15 bits per heavy atom. The lowest BCUT2D eigenvalue weighted by molar-refractivity contribution is 0.285. The van der Waals surface area contributed by atoms with Gasteiger partial charge in [-0.15, -0.1) is 0 Å². The molecule has 3 nitrogen and oxygen atoms in total. The molecule has 1 aromatic heterocycles. The van der Waals surface area contributed by atoms with E-state index in [9.17, 15) is 0 Å². The first-order valence-electron chi connectivity index (χ1n) is 7.11. The fraction of sp³-hybridized carbons (Fsp3) is 0.375. The van der Waals surface area contributed by atoms with Crippen LogP contribution in [-0.2, 0) is 0 Å². The molecule has 104 valence electrons. The third-order valence-electron chi connectivity index (χ3n) is 4.27. The van der Waals surface area contributed by atoms with E-state index in [1.165, 1.54) is 19.3 Å². The molecule has 2 aromatic rings. The summed E-state index contributed by atoms with van der Waals surface area (Å²) in [6, 6.07) is 8.53. The van der Waals surface area contributed by atoms with Gasteiger partial charge in [-0.3, -0.25) is 4.98 Å². The van der Waals surface area contributed by atoms with E-state index in [0.717, 1.165) is 28.1 Å². The van der Waals surface area contributed by atoms with Crippen LogP contribution in [0.2, 0.25) is 0 Å². The third-order valence-corrected chi connectivity index (χ3v) is 4.49. The number of pyridine rings is 1. The van der Waals surface area contributed by atoms with E-state index < -0.39 is 0 Å². The summed E-state index contributed by atoms with van der Waals surface area (Å²) in [4.78, 5) is 4.84. The normalized spacial score (nSPS) is 16.6. The van der Waals surface area contributed by atoms with Crippen LogP contribution in [0.5, 0.6) is 0 Å². The van der Waals surface area contributed by atoms with Crippen molar-refractivity contribution in [1.29, 1.82) is 0 Å². The second kappa shape index (κ2) is 5.37. The van der Waals surface area contributed by atoms with Gasteiger partial charge < -0.3 is 11.1 Å². The molecule has 1 aliphatic rings. The fourth-order valence-corrected chi connectivity index (χ4v) is 2.92. The third kappa shape index (κ3) is 2.36. The second-order valence-corrected chi connectivity index (χ2v) is 5.99. The number of fused-ring (bicyclic) bond motifs is 1. The summed E-state index contributed by atoms with van der Waals surface area (Å²) in [5, 5.41) is 4.72. The molecule has 0 amide bonds. The lowest BCUT2D eigenvalue weighted by atomic mass is 9.80. The highest BCUT2D eigenvalue weighted by atomic mass is 32.1. The fourth-order valence-electron chi connectivity index (χ4n) is 2.77. The molecule has 1 heterocycles. The van der Waals surface area contributed by atoms with Crippen LogP contribution in [0.4, 0.5) is 5.69 Å². The van der Waals surface area contributed by atoms with E-state index in [1.807, 2.05) is 18.2 Å². The molecule has 0 saturated heterocycles. The van der Waals surface area contributed by atoms with Gasteiger partial charge in [0.05, 0.1) is 16.8 Å². The largest absolute Gasteiger partial charge is 0.389 e. The van der Waals surface area contributed by atoms with Gasteiger partial charge in [0.1, 0.15) is 4.99 Å². The molecule has 0 radical (unpaired) electrons. The van der Waals surface area contributed by atoms with Crippen molar-refractivity contribution in [1.82, 2.24) is 4.98 Å². The first kappa shape index (κ1) is 13.3. The molecule has 0 aliphatic heterocycles. The van der Waals surface area contributed by atoms with Crippen molar-refractivity contribution in [3.05, 3.63) is 36.0 Å². The van der Waals surface area contributed by atoms with Crippen LogP contribution in [-0.4, -0.2) is 16.0 Å². The molecular formula is C16H19N3S. The van der Waals surface area contributed by atoms with E-state index in [4.69, 9.17) is 18.0 Å². The molecule has 3 N–H and O–H groups in total. The summed E-state index contributed by atoms with van der Waals surface area (Å²) in [7, 11) is 0. The Morgan fingerprint density at radius 3 is 2.80 bits per heavy atom. The number of anilines is 1. The average molecular weight is 285 g/mol. The maximum Gasteiger partial charge on any atom is 0.107 e. The summed E-state index contributed by atoms with van der Waals surface area (Å²) < 4.78 is 0. The summed E-state index contributed by atoms with van der Waals surface area (Å²) in [6.07, 6.45) is 5.73. The van der Waals surface area contributed by atoms with Gasteiger partial charge in [-0.1, -0.05) is 36.8 Å². The highest BCUT2D eigenvalue weighted by Gasteiger charge is 2.25. The molecule has 1 saturated carbocycles. The van der Waals surface area contributed by atoms with E-state index in [-0.39, 0.29) is 0 Å². The van der Waals surface area contributed by atoms with Crippen LogP contribution in [0.3, 0.4) is 0 Å². The zero-order valence-corrected chi connectivity index (χ0v) is 12.4. The van der Waals surface area contributed by atoms with Gasteiger partial charge in [-0.25, -0.2) is 0 Å². The Labute approximate surface area is 124 Å². The van der Waals surface area contributed by atoms with E-state index in [0.29, 0.717) is 11.0 Å². The average Bonchev–Trinajstić information content (AvgIpc) is 2.36. The van der Waals surface area contributed by atoms with Gasteiger partial charge >= 0.3 is 0 Å². The second-order valence-electron chi connectivity index (χ2n) is 5.55. The summed E-state index contributed by atoms with van der Waals surface area (Å²) in [5.41, 5.74) is 8.69. The Hall–Kier alpha value is -1.68. The molecular weight excluding hydrogens is 266 g/mol. The van der Waals surface area contributed by atoms with E-state index >= 15 is 0 Å². The van der Waals surface area contributed by atoms with Gasteiger partial charge in [-0.05, 0) is 31.7 Å². The number of nitrogens with one attached hydrogen (secondary N) is 1. The van der Waals surface area contributed by atoms with Gasteiger partial charge in [0.25, 0.3) is 0 Å². The monoisotopic (exact) mass is 285 g/mol. The molecule has 20 heavy (non-hydrogen) atoms. The van der Waals surface area contributed by atoms with Crippen molar-refractivity contribution in [2.45, 2.75) is 32.2 Å². The first-order chi connectivity index (χ1) is 9.66. The van der Waals surface area contributed by atoms with Crippen LogP contribution in [0.1, 0.15) is 31.7 Å². The van der Waals surface area contributed by atoms with Crippen molar-refractivity contribution in [2.24, 2.45) is 11.7 Å². The molecule has 1 unspecified atom stereocenters. The quantitative estimate of drug-likeness (QED) is 0.845. The number of rotatable bonds is 4. The molecule has 0 spiro atoms. The minimum atomic E-state index is 0.395. The molecule has 0 bridgehead atoms. The van der Waals surface area contributed by atoms with Crippen molar-refractivity contribution in [3.8, 4) is 0 Å². The van der Waals surface area contributed by atoms with Crippen LogP contribution in [0.15, 0.2) is 30.5 Å². The standard InChI is InChI=1S/C16H19N3S/c1-10(11-5-4-6-11)19-15-12-7-2-3-8-14(12)18-9-13(15)16(17)20/h2-3,7-11H,4-6H2,1H3,(H2,17,20)(H,18,19). The number of nitrogens with two attached hydrogens (primary N) is 1. The lowest BCUT2D eigenvalue weighted by Crippen LogP contribution is -2.31. The number of hydrogen-bond acceptors (Lipinski definition) is 3.